The van der Waals surface area contributed by atoms with Gasteiger partial charge in [0.1, 0.15) is 5.75 Å². The van der Waals surface area contributed by atoms with Crippen molar-refractivity contribution in [2.45, 2.75) is 31.9 Å². The SMILES string of the molecule is C1=CC2=C(CC1)N(c1cccc(C3[N-]c4ccccc4O3)c1)c1ccccc1-c1c2c2c(n1-c1ccccc1)CCC=C2. The lowest BCUT2D eigenvalue weighted by Crippen LogP contribution is -2.19. The molecule has 4 nitrogen and oxygen atoms in total. The van der Waals surface area contributed by atoms with E-state index < -0.39 is 0 Å². The Bertz CT molecular complexity index is 1970. The van der Waals surface area contributed by atoms with Gasteiger partial charge in [-0.1, -0.05) is 96.7 Å². The number of hydrogen-bond donors (Lipinski definition) is 0. The molecule has 3 heterocycles. The normalized spacial score (nSPS) is 17.7. The monoisotopic (exact) mass is 556 g/mol. The van der Waals surface area contributed by atoms with E-state index in [1.54, 1.807) is 0 Å². The van der Waals surface area contributed by atoms with Crippen LogP contribution >= 0.6 is 0 Å². The maximum Gasteiger partial charge on any atom is 0.103 e. The van der Waals surface area contributed by atoms with E-state index in [1.165, 1.54) is 50.7 Å². The number of nitrogens with zero attached hydrogens (tertiary/aromatic N) is 3. The Morgan fingerprint density at radius 3 is 2.44 bits per heavy atom. The number of allylic oxidation sites excluding steroid dienone is 5. The summed E-state index contributed by atoms with van der Waals surface area (Å²) in [6, 6.07) is 36.6. The number of benzene rings is 4. The minimum absolute atomic E-state index is 0.351. The topological polar surface area (TPSA) is 31.5 Å². The van der Waals surface area contributed by atoms with Crippen molar-refractivity contribution < 1.29 is 4.74 Å². The van der Waals surface area contributed by atoms with E-state index in [9.17, 15) is 0 Å². The summed E-state index contributed by atoms with van der Waals surface area (Å²) in [7, 11) is 0. The molecule has 4 aromatic carbocycles. The van der Waals surface area contributed by atoms with E-state index in [1.807, 2.05) is 24.3 Å². The summed E-state index contributed by atoms with van der Waals surface area (Å²) in [6.45, 7) is 0. The average molecular weight is 557 g/mol. The fraction of sp³-hybridized carbons (Fsp3) is 0.128. The Kier molecular flexibility index (Phi) is 5.48. The second-order valence-electron chi connectivity index (χ2n) is 11.5. The van der Waals surface area contributed by atoms with Crippen molar-refractivity contribution in [1.82, 2.24) is 4.57 Å². The van der Waals surface area contributed by atoms with Gasteiger partial charge in [0, 0.05) is 45.0 Å². The summed E-state index contributed by atoms with van der Waals surface area (Å²) in [6.07, 6.45) is 13.1. The molecule has 1 atom stereocenters. The molecule has 1 aromatic heterocycles. The van der Waals surface area contributed by atoms with Crippen molar-refractivity contribution in [3.63, 3.8) is 0 Å². The largest absolute Gasteiger partial charge is 0.643 e. The lowest BCUT2D eigenvalue weighted by atomic mass is 9.90. The number of aromatic nitrogens is 1. The smallest absolute Gasteiger partial charge is 0.103 e. The van der Waals surface area contributed by atoms with Crippen LogP contribution in [0.4, 0.5) is 17.1 Å². The van der Waals surface area contributed by atoms with Gasteiger partial charge < -0.3 is 19.5 Å². The molecule has 0 fully saturated rings. The Hall–Kier alpha value is -5.22. The Morgan fingerprint density at radius 1 is 0.721 bits per heavy atom. The minimum Gasteiger partial charge on any atom is -0.643 e. The van der Waals surface area contributed by atoms with E-state index in [2.05, 4.69) is 113 Å². The molecule has 0 saturated heterocycles. The fourth-order valence-corrected chi connectivity index (χ4v) is 7.19. The van der Waals surface area contributed by atoms with Crippen LogP contribution in [0.3, 0.4) is 0 Å². The van der Waals surface area contributed by atoms with E-state index in [4.69, 9.17) is 10.1 Å². The molecule has 9 rings (SSSR count). The van der Waals surface area contributed by atoms with Crippen LogP contribution < -0.4 is 9.64 Å². The maximum atomic E-state index is 6.28. The number of rotatable bonds is 3. The third-order valence-corrected chi connectivity index (χ3v) is 9.01. The molecule has 4 heteroatoms. The molecule has 208 valence electrons. The summed E-state index contributed by atoms with van der Waals surface area (Å²) < 4.78 is 8.81. The standard InChI is InChI=1S/C39H30N3O/c1-2-14-27(15-3-1)42-34-22-9-5-18-30(34)37-29-17-4-8-21-33(29)41(35-23-10-6-19-31(35)38(37)42)28-16-12-13-26(25-28)39-40-32-20-7-11-24-36(32)43-39/h1-7,10-20,23-25,39H,8-9,21-22H2/q-1. The molecular formula is C39H30N3O-. The highest BCUT2D eigenvalue weighted by Crippen LogP contribution is 2.53. The first-order chi connectivity index (χ1) is 21.3. The van der Waals surface area contributed by atoms with Crippen molar-refractivity contribution in [2.75, 3.05) is 4.90 Å². The number of hydrogen-bond acceptors (Lipinski definition) is 2. The van der Waals surface area contributed by atoms with Gasteiger partial charge in [0.25, 0.3) is 0 Å². The van der Waals surface area contributed by atoms with Gasteiger partial charge in [0.15, 0.2) is 0 Å². The van der Waals surface area contributed by atoms with Crippen LogP contribution in [0.15, 0.2) is 127 Å². The summed E-state index contributed by atoms with van der Waals surface area (Å²) in [5, 5.41) is 4.90. The van der Waals surface area contributed by atoms with E-state index in [-0.39, 0.29) is 6.23 Å². The summed E-state index contributed by atoms with van der Waals surface area (Å²) in [4.78, 5) is 2.49. The van der Waals surface area contributed by atoms with Crippen LogP contribution in [-0.2, 0) is 6.42 Å². The molecule has 0 saturated carbocycles. The van der Waals surface area contributed by atoms with Crippen LogP contribution in [-0.4, -0.2) is 4.57 Å². The summed E-state index contributed by atoms with van der Waals surface area (Å²) >= 11 is 0. The molecule has 43 heavy (non-hydrogen) atoms. The molecular weight excluding hydrogens is 526 g/mol. The predicted molar refractivity (Wildman–Crippen MR) is 175 cm³/mol. The average Bonchev–Trinajstić information content (AvgIpc) is 3.63. The highest BCUT2D eigenvalue weighted by Gasteiger charge is 2.34. The van der Waals surface area contributed by atoms with Gasteiger partial charge in [0.2, 0.25) is 0 Å². The minimum atomic E-state index is -0.351. The summed E-state index contributed by atoms with van der Waals surface area (Å²) in [5.41, 5.74) is 14.8. The zero-order chi connectivity index (χ0) is 28.3. The van der Waals surface area contributed by atoms with Gasteiger partial charge >= 0.3 is 0 Å². The molecule has 5 aromatic rings. The van der Waals surface area contributed by atoms with Crippen LogP contribution in [0.25, 0.3) is 33.9 Å². The third-order valence-electron chi connectivity index (χ3n) is 9.01. The van der Waals surface area contributed by atoms with Crippen molar-refractivity contribution in [1.29, 1.82) is 0 Å². The summed E-state index contributed by atoms with van der Waals surface area (Å²) in [5.74, 6) is 0.840. The van der Waals surface area contributed by atoms with Gasteiger partial charge in [-0.2, -0.15) is 0 Å². The maximum absolute atomic E-state index is 6.28. The fourth-order valence-electron chi connectivity index (χ4n) is 7.19. The van der Waals surface area contributed by atoms with Crippen molar-refractivity contribution >= 4 is 28.7 Å². The van der Waals surface area contributed by atoms with E-state index >= 15 is 0 Å². The number of anilines is 2. The first kappa shape index (κ1) is 24.4. The van der Waals surface area contributed by atoms with E-state index in [0.717, 1.165) is 48.4 Å². The molecule has 4 aliphatic rings. The van der Waals surface area contributed by atoms with Crippen LogP contribution in [0.2, 0.25) is 0 Å². The number of fused-ring (bicyclic) bond motifs is 7. The molecule has 2 aliphatic carbocycles. The van der Waals surface area contributed by atoms with Crippen molar-refractivity contribution in [3.8, 4) is 22.7 Å². The number of ether oxygens (including phenoxy) is 1. The number of para-hydroxylation sites is 4. The predicted octanol–water partition coefficient (Wildman–Crippen LogP) is 10.4. The molecule has 0 spiro atoms. The highest BCUT2D eigenvalue weighted by atomic mass is 16.5. The molecule has 1 unspecified atom stereocenters. The Balaban J connectivity index is 1.28. The van der Waals surface area contributed by atoms with Gasteiger partial charge in [0.05, 0.1) is 17.6 Å². The van der Waals surface area contributed by atoms with Crippen LogP contribution in [0.5, 0.6) is 5.75 Å². The zero-order valence-corrected chi connectivity index (χ0v) is 23.8. The van der Waals surface area contributed by atoms with Gasteiger partial charge in [-0.25, -0.2) is 0 Å². The molecule has 0 radical (unpaired) electrons. The first-order valence-electron chi connectivity index (χ1n) is 15.2. The second-order valence-corrected chi connectivity index (χ2v) is 11.5. The Morgan fingerprint density at radius 2 is 1.51 bits per heavy atom. The van der Waals surface area contributed by atoms with Gasteiger partial charge in [-0.05, 0) is 67.6 Å². The van der Waals surface area contributed by atoms with Crippen LogP contribution in [0.1, 0.15) is 47.9 Å². The quantitative estimate of drug-likeness (QED) is 0.221. The highest BCUT2D eigenvalue weighted by molar-refractivity contribution is 6.01. The van der Waals surface area contributed by atoms with E-state index in [0.29, 0.717) is 0 Å². The lowest BCUT2D eigenvalue weighted by Gasteiger charge is -2.32. The third kappa shape index (κ3) is 3.76. The lowest BCUT2D eigenvalue weighted by molar-refractivity contribution is 0.269. The second kappa shape index (κ2) is 9.67. The molecule has 0 N–H and O–H groups in total. The molecule has 2 aliphatic heterocycles. The van der Waals surface area contributed by atoms with Crippen LogP contribution in [0, 0.1) is 0 Å². The van der Waals surface area contributed by atoms with Gasteiger partial charge in [-0.15, -0.1) is 0 Å². The van der Waals surface area contributed by atoms with Crippen molar-refractivity contribution in [2.24, 2.45) is 0 Å². The first-order valence-corrected chi connectivity index (χ1v) is 15.2. The van der Waals surface area contributed by atoms with Gasteiger partial charge in [-0.3, -0.25) is 0 Å². The Labute approximate surface area is 251 Å². The molecule has 0 bridgehead atoms. The zero-order valence-electron chi connectivity index (χ0n) is 23.8. The van der Waals surface area contributed by atoms with Crippen molar-refractivity contribution in [3.05, 3.63) is 155 Å². The molecule has 0 amide bonds.